The van der Waals surface area contributed by atoms with Crippen molar-refractivity contribution >= 4 is 11.0 Å². The number of aliphatic hydroxyl groups is 1. The van der Waals surface area contributed by atoms with E-state index in [-0.39, 0.29) is 30.9 Å². The van der Waals surface area contributed by atoms with Gasteiger partial charge in [0, 0.05) is 30.3 Å². The van der Waals surface area contributed by atoms with Gasteiger partial charge in [-0.2, -0.15) is 13.2 Å². The number of hydrogen-bond acceptors (Lipinski definition) is 9. The maximum absolute atomic E-state index is 14.5. The molecule has 1 aromatic heterocycles. The number of halogens is 3. The van der Waals surface area contributed by atoms with Crippen molar-refractivity contribution in [3.05, 3.63) is 95.1 Å². The summed E-state index contributed by atoms with van der Waals surface area (Å²) in [4.78, 5) is 0. The van der Waals surface area contributed by atoms with Gasteiger partial charge in [0.05, 0.1) is 12.2 Å². The summed E-state index contributed by atoms with van der Waals surface area (Å²) in [5.74, 6) is 1.71. The lowest BCUT2D eigenvalue weighted by Crippen LogP contribution is -2.18. The maximum atomic E-state index is 14.5. The van der Waals surface area contributed by atoms with Crippen molar-refractivity contribution in [1.29, 1.82) is 0 Å². The minimum Gasteiger partial charge on any atom is -0.489 e. The molecular formula is C32H28F3N3O6. The minimum absolute atomic E-state index is 0.0178. The van der Waals surface area contributed by atoms with Crippen molar-refractivity contribution < 1.29 is 41.9 Å². The van der Waals surface area contributed by atoms with Gasteiger partial charge in [-0.15, -0.1) is 0 Å². The molecule has 0 radical (unpaired) electrons. The molecule has 228 valence electrons. The zero-order valence-corrected chi connectivity index (χ0v) is 23.4. The maximum Gasteiger partial charge on any atom is 0.417 e. The molecule has 0 amide bonds. The molecule has 0 aliphatic carbocycles. The van der Waals surface area contributed by atoms with E-state index in [9.17, 15) is 13.2 Å². The van der Waals surface area contributed by atoms with E-state index in [0.717, 1.165) is 11.1 Å². The minimum atomic E-state index is -4.64. The van der Waals surface area contributed by atoms with Crippen LogP contribution in [0.25, 0.3) is 22.2 Å². The van der Waals surface area contributed by atoms with Crippen molar-refractivity contribution in [3.8, 4) is 34.1 Å². The van der Waals surface area contributed by atoms with Crippen LogP contribution in [0, 0.1) is 0 Å². The molecule has 0 unspecified atom stereocenters. The van der Waals surface area contributed by atoms with Crippen LogP contribution in [0.4, 0.5) is 13.2 Å². The molecule has 0 fully saturated rings. The van der Waals surface area contributed by atoms with Gasteiger partial charge in [-0.3, -0.25) is 0 Å². The van der Waals surface area contributed by atoms with Gasteiger partial charge < -0.3 is 29.4 Å². The number of benzene rings is 4. The highest BCUT2D eigenvalue weighted by atomic mass is 19.4. The van der Waals surface area contributed by atoms with Crippen molar-refractivity contribution in [2.24, 2.45) is 0 Å². The average Bonchev–Trinajstić information content (AvgIpc) is 3.51. The van der Waals surface area contributed by atoms with Crippen LogP contribution in [0.15, 0.2) is 77.4 Å². The van der Waals surface area contributed by atoms with Crippen LogP contribution in [0.5, 0.6) is 23.0 Å². The predicted octanol–water partition coefficient (Wildman–Crippen LogP) is 5.92. The molecule has 2 N–H and O–H groups in total. The molecule has 12 heteroatoms. The van der Waals surface area contributed by atoms with Crippen LogP contribution < -0.4 is 24.3 Å². The molecule has 0 saturated carbocycles. The molecule has 0 atom stereocenters. The molecule has 0 saturated heterocycles. The van der Waals surface area contributed by atoms with Gasteiger partial charge in [0.2, 0.25) is 0 Å². The molecule has 44 heavy (non-hydrogen) atoms. The topological polar surface area (TPSA) is 108 Å². The fourth-order valence-electron chi connectivity index (χ4n) is 4.95. The van der Waals surface area contributed by atoms with Crippen LogP contribution in [0.1, 0.15) is 22.3 Å². The Morgan fingerprint density at radius 3 is 2.50 bits per heavy atom. The number of rotatable bonds is 11. The Kier molecular flexibility index (Phi) is 8.53. The summed E-state index contributed by atoms with van der Waals surface area (Å²) in [5, 5.41) is 19.9. The van der Waals surface area contributed by atoms with Crippen LogP contribution >= 0.6 is 0 Å². The standard InChI is InChI=1S/C32H28F3N3O6/c33-32(34,35)31-23(2-1-3-25(31)21-6-9-28-30(15-21)41-13-12-40-28)19-42-24-7-5-22(17-36-10-11-39)29(16-24)43-18-20-4-8-26-27(14-20)38-44-37-26/h1-9,14-16,36,39H,10-13,17-19H2. The van der Waals surface area contributed by atoms with Crippen LogP contribution in [0.3, 0.4) is 0 Å². The molecule has 0 bridgehead atoms. The lowest BCUT2D eigenvalue weighted by atomic mass is 9.94. The summed E-state index contributed by atoms with van der Waals surface area (Å²) in [6.45, 7) is 1.32. The van der Waals surface area contributed by atoms with Crippen LogP contribution in [-0.4, -0.2) is 41.8 Å². The predicted molar refractivity (Wildman–Crippen MR) is 154 cm³/mol. The molecular weight excluding hydrogens is 579 g/mol. The summed E-state index contributed by atoms with van der Waals surface area (Å²) in [6, 6.07) is 19.7. The molecule has 1 aliphatic heterocycles. The highest BCUT2D eigenvalue weighted by Crippen LogP contribution is 2.42. The van der Waals surface area contributed by atoms with E-state index >= 15 is 0 Å². The largest absolute Gasteiger partial charge is 0.489 e. The zero-order chi connectivity index (χ0) is 30.5. The Morgan fingerprint density at radius 2 is 1.66 bits per heavy atom. The van der Waals surface area contributed by atoms with Gasteiger partial charge in [0.15, 0.2) is 11.5 Å². The molecule has 6 rings (SSSR count). The fourth-order valence-corrected chi connectivity index (χ4v) is 4.95. The van der Waals surface area contributed by atoms with E-state index in [2.05, 4.69) is 15.6 Å². The van der Waals surface area contributed by atoms with Gasteiger partial charge in [-0.05, 0) is 57.3 Å². The first-order valence-electron chi connectivity index (χ1n) is 13.9. The molecule has 9 nitrogen and oxygen atoms in total. The Morgan fingerprint density at radius 1 is 0.818 bits per heavy atom. The highest BCUT2D eigenvalue weighted by Gasteiger charge is 2.36. The molecule has 0 spiro atoms. The Bertz CT molecular complexity index is 1760. The first-order chi connectivity index (χ1) is 21.4. The number of nitrogens with one attached hydrogen (secondary N) is 1. The second-order valence-corrected chi connectivity index (χ2v) is 10.0. The number of fused-ring (bicyclic) bond motifs is 2. The van der Waals surface area contributed by atoms with Gasteiger partial charge in [-0.1, -0.05) is 36.4 Å². The summed E-state index contributed by atoms with van der Waals surface area (Å²) >= 11 is 0. The first kappa shape index (κ1) is 29.3. The number of aromatic nitrogens is 2. The van der Waals surface area contributed by atoms with Gasteiger partial charge in [0.25, 0.3) is 0 Å². The Balaban J connectivity index is 1.24. The van der Waals surface area contributed by atoms with Gasteiger partial charge >= 0.3 is 6.18 Å². The molecule has 4 aromatic carbocycles. The van der Waals surface area contributed by atoms with Crippen molar-refractivity contribution in [2.75, 3.05) is 26.4 Å². The van der Waals surface area contributed by atoms with Crippen LogP contribution in [-0.2, 0) is 25.9 Å². The summed E-state index contributed by atoms with van der Waals surface area (Å²) in [7, 11) is 0. The Hall–Kier alpha value is -4.81. The monoisotopic (exact) mass is 607 g/mol. The quantitative estimate of drug-likeness (QED) is 0.177. The molecule has 2 heterocycles. The van der Waals surface area contributed by atoms with Gasteiger partial charge in [-0.25, -0.2) is 4.63 Å². The normalized spacial score (nSPS) is 12.8. The highest BCUT2D eigenvalue weighted by molar-refractivity contribution is 5.74. The summed E-state index contributed by atoms with van der Waals surface area (Å²) in [6.07, 6.45) is -4.64. The third-order valence-corrected chi connectivity index (χ3v) is 7.04. The van der Waals surface area contributed by atoms with E-state index in [1.807, 2.05) is 6.07 Å². The van der Waals surface area contributed by atoms with Gasteiger partial charge in [0.1, 0.15) is 49.0 Å². The van der Waals surface area contributed by atoms with Crippen LogP contribution in [0.2, 0.25) is 0 Å². The smallest absolute Gasteiger partial charge is 0.417 e. The third-order valence-electron chi connectivity index (χ3n) is 7.04. The van der Waals surface area contributed by atoms with E-state index in [1.165, 1.54) is 12.1 Å². The van der Waals surface area contributed by atoms with Crippen molar-refractivity contribution in [2.45, 2.75) is 25.9 Å². The SMILES string of the molecule is OCCNCc1ccc(OCc2cccc(-c3ccc4c(c3)OCCO4)c2C(F)(F)F)cc1OCc1ccc2nonc2c1. The van der Waals surface area contributed by atoms with Crippen molar-refractivity contribution in [3.63, 3.8) is 0 Å². The Labute approximate surface area is 250 Å². The van der Waals surface area contributed by atoms with E-state index in [1.54, 1.807) is 54.6 Å². The van der Waals surface area contributed by atoms with Crippen molar-refractivity contribution in [1.82, 2.24) is 15.6 Å². The molecule has 5 aromatic rings. The lowest BCUT2D eigenvalue weighted by molar-refractivity contribution is -0.138. The first-order valence-corrected chi connectivity index (χ1v) is 13.9. The number of aliphatic hydroxyl groups excluding tert-OH is 1. The summed E-state index contributed by atoms with van der Waals surface area (Å²) in [5.41, 5.74) is 2.39. The zero-order valence-electron chi connectivity index (χ0n) is 23.4. The fraction of sp³-hybridized carbons (Fsp3) is 0.250. The van der Waals surface area contributed by atoms with E-state index in [0.29, 0.717) is 65.9 Å². The number of ether oxygens (including phenoxy) is 4. The lowest BCUT2D eigenvalue weighted by Gasteiger charge is -2.21. The number of hydrogen-bond donors (Lipinski definition) is 2. The third kappa shape index (κ3) is 6.56. The number of alkyl halides is 3. The van der Waals surface area contributed by atoms with E-state index < -0.39 is 11.7 Å². The number of nitrogens with zero attached hydrogens (tertiary/aromatic N) is 2. The van der Waals surface area contributed by atoms with E-state index in [4.69, 9.17) is 28.7 Å². The second-order valence-electron chi connectivity index (χ2n) is 10.0. The molecule has 1 aliphatic rings. The second kappa shape index (κ2) is 12.8. The average molecular weight is 608 g/mol. The summed E-state index contributed by atoms with van der Waals surface area (Å²) < 4.78 is 71.4.